The third kappa shape index (κ3) is 4.03. The number of nitrogens with one attached hydrogen (secondary N) is 1. The summed E-state index contributed by atoms with van der Waals surface area (Å²) in [6.45, 7) is -0.158. The van der Waals surface area contributed by atoms with Crippen LogP contribution in [0.15, 0.2) is 48.5 Å². The fourth-order valence-corrected chi connectivity index (χ4v) is 2.04. The van der Waals surface area contributed by atoms with Crippen molar-refractivity contribution in [3.05, 3.63) is 65.5 Å². The summed E-state index contributed by atoms with van der Waals surface area (Å²) < 4.78 is 13.8. The number of halogens is 1. The van der Waals surface area contributed by atoms with Crippen LogP contribution in [0.5, 0.6) is 0 Å². The van der Waals surface area contributed by atoms with E-state index in [-0.39, 0.29) is 23.9 Å². The Bertz CT molecular complexity index is 616. The summed E-state index contributed by atoms with van der Waals surface area (Å²) in [6.07, 6.45) is 0.539. The molecule has 5 heteroatoms. The summed E-state index contributed by atoms with van der Waals surface area (Å²) >= 11 is 0. The van der Waals surface area contributed by atoms with E-state index in [4.69, 9.17) is 5.11 Å². The molecule has 0 spiro atoms. The van der Waals surface area contributed by atoms with Crippen molar-refractivity contribution < 1.29 is 19.4 Å². The second-order valence-electron chi connectivity index (χ2n) is 4.71. The van der Waals surface area contributed by atoms with E-state index in [0.29, 0.717) is 6.42 Å². The SMILES string of the molecule is O=C(O)c1ccc(NC(CO)Cc2ccccc2)c(F)c1. The molecule has 4 nitrogen and oxygen atoms in total. The van der Waals surface area contributed by atoms with Crippen molar-refractivity contribution in [2.75, 3.05) is 11.9 Å². The van der Waals surface area contributed by atoms with Gasteiger partial charge in [-0.2, -0.15) is 0 Å². The van der Waals surface area contributed by atoms with E-state index >= 15 is 0 Å². The topological polar surface area (TPSA) is 69.6 Å². The maximum Gasteiger partial charge on any atom is 0.335 e. The van der Waals surface area contributed by atoms with E-state index in [9.17, 15) is 14.3 Å². The highest BCUT2D eigenvalue weighted by atomic mass is 19.1. The van der Waals surface area contributed by atoms with Crippen LogP contribution in [0.3, 0.4) is 0 Å². The Kier molecular flexibility index (Phi) is 4.90. The second kappa shape index (κ2) is 6.85. The van der Waals surface area contributed by atoms with Crippen molar-refractivity contribution in [1.82, 2.24) is 0 Å². The van der Waals surface area contributed by atoms with Gasteiger partial charge in [-0.25, -0.2) is 9.18 Å². The summed E-state index contributed by atoms with van der Waals surface area (Å²) in [6, 6.07) is 12.8. The number of carboxylic acids is 1. The Labute approximate surface area is 121 Å². The average molecular weight is 289 g/mol. The number of anilines is 1. The lowest BCUT2D eigenvalue weighted by molar-refractivity contribution is 0.0696. The van der Waals surface area contributed by atoms with Gasteiger partial charge in [0.1, 0.15) is 5.82 Å². The van der Waals surface area contributed by atoms with Gasteiger partial charge in [0.05, 0.1) is 23.9 Å². The van der Waals surface area contributed by atoms with Crippen molar-refractivity contribution in [3.63, 3.8) is 0 Å². The summed E-state index contributed by atoms with van der Waals surface area (Å²) in [5, 5.41) is 21.1. The molecule has 0 radical (unpaired) electrons. The van der Waals surface area contributed by atoms with Crippen LogP contribution in [0.4, 0.5) is 10.1 Å². The molecule has 0 bridgehead atoms. The molecule has 2 aromatic rings. The summed E-state index contributed by atoms with van der Waals surface area (Å²) in [5.74, 6) is -1.83. The summed E-state index contributed by atoms with van der Waals surface area (Å²) in [7, 11) is 0. The van der Waals surface area contributed by atoms with E-state index in [0.717, 1.165) is 11.6 Å². The van der Waals surface area contributed by atoms with E-state index in [2.05, 4.69) is 5.32 Å². The molecule has 0 aliphatic carbocycles. The largest absolute Gasteiger partial charge is 0.478 e. The van der Waals surface area contributed by atoms with E-state index in [1.807, 2.05) is 30.3 Å². The minimum atomic E-state index is -1.18. The van der Waals surface area contributed by atoms with Crippen LogP contribution >= 0.6 is 0 Å². The molecule has 0 amide bonds. The zero-order valence-corrected chi connectivity index (χ0v) is 11.3. The van der Waals surface area contributed by atoms with Crippen molar-refractivity contribution >= 4 is 11.7 Å². The highest BCUT2D eigenvalue weighted by Crippen LogP contribution is 2.18. The molecule has 0 saturated heterocycles. The average Bonchev–Trinajstić information content (AvgIpc) is 2.49. The highest BCUT2D eigenvalue weighted by Gasteiger charge is 2.13. The van der Waals surface area contributed by atoms with Crippen LogP contribution in [0, 0.1) is 5.82 Å². The number of aromatic carboxylic acids is 1. The molecule has 3 N–H and O–H groups in total. The fraction of sp³-hybridized carbons (Fsp3) is 0.188. The number of hydrogen-bond donors (Lipinski definition) is 3. The van der Waals surface area contributed by atoms with Gasteiger partial charge in [-0.05, 0) is 30.2 Å². The number of carboxylic acid groups (broad SMARTS) is 1. The van der Waals surface area contributed by atoms with Crippen molar-refractivity contribution in [2.45, 2.75) is 12.5 Å². The first-order valence-electron chi connectivity index (χ1n) is 6.54. The van der Waals surface area contributed by atoms with Crippen molar-refractivity contribution in [1.29, 1.82) is 0 Å². The molecule has 0 aromatic heterocycles. The zero-order chi connectivity index (χ0) is 15.2. The van der Waals surface area contributed by atoms with Crippen LogP contribution in [-0.2, 0) is 6.42 Å². The lowest BCUT2D eigenvalue weighted by Crippen LogP contribution is -2.26. The van der Waals surface area contributed by atoms with Gasteiger partial charge in [0.2, 0.25) is 0 Å². The number of rotatable bonds is 6. The standard InChI is InChI=1S/C16H16FNO3/c17-14-9-12(16(20)21)6-7-15(14)18-13(10-19)8-11-4-2-1-3-5-11/h1-7,9,13,18-19H,8,10H2,(H,20,21). The molecule has 2 aromatic carbocycles. The number of benzene rings is 2. The van der Waals surface area contributed by atoms with Crippen LogP contribution in [0.2, 0.25) is 0 Å². The first-order chi connectivity index (χ1) is 10.1. The highest BCUT2D eigenvalue weighted by molar-refractivity contribution is 5.88. The maximum atomic E-state index is 13.8. The Morgan fingerprint density at radius 2 is 1.90 bits per heavy atom. The zero-order valence-electron chi connectivity index (χ0n) is 11.3. The Hall–Kier alpha value is -2.40. The molecule has 110 valence electrons. The minimum Gasteiger partial charge on any atom is -0.478 e. The smallest absolute Gasteiger partial charge is 0.335 e. The molecule has 2 rings (SSSR count). The van der Waals surface area contributed by atoms with Gasteiger partial charge in [-0.1, -0.05) is 30.3 Å². The molecular formula is C16H16FNO3. The third-order valence-corrected chi connectivity index (χ3v) is 3.12. The van der Waals surface area contributed by atoms with Gasteiger partial charge in [0.15, 0.2) is 0 Å². The van der Waals surface area contributed by atoms with Crippen molar-refractivity contribution in [2.24, 2.45) is 0 Å². The first kappa shape index (κ1) is 15.0. The Balaban J connectivity index is 2.10. The maximum absolute atomic E-state index is 13.8. The molecule has 0 saturated carbocycles. The van der Waals surface area contributed by atoms with Gasteiger partial charge in [-0.3, -0.25) is 0 Å². The molecule has 1 unspecified atom stereocenters. The molecule has 0 fully saturated rings. The minimum absolute atomic E-state index is 0.110. The molecule has 21 heavy (non-hydrogen) atoms. The lowest BCUT2D eigenvalue weighted by atomic mass is 10.1. The van der Waals surface area contributed by atoms with Crippen molar-refractivity contribution in [3.8, 4) is 0 Å². The van der Waals surface area contributed by atoms with Gasteiger partial charge >= 0.3 is 5.97 Å². The molecule has 0 heterocycles. The predicted molar refractivity (Wildman–Crippen MR) is 78.0 cm³/mol. The number of hydrogen-bond acceptors (Lipinski definition) is 3. The number of aliphatic hydroxyl groups excluding tert-OH is 1. The van der Waals surface area contributed by atoms with Crippen LogP contribution in [-0.4, -0.2) is 28.8 Å². The van der Waals surface area contributed by atoms with Crippen LogP contribution in [0.25, 0.3) is 0 Å². The molecule has 0 aliphatic heterocycles. The normalized spacial score (nSPS) is 11.9. The Morgan fingerprint density at radius 3 is 2.48 bits per heavy atom. The van der Waals surface area contributed by atoms with Gasteiger partial charge in [-0.15, -0.1) is 0 Å². The van der Waals surface area contributed by atoms with Gasteiger partial charge in [0.25, 0.3) is 0 Å². The molecule has 0 aliphatic rings. The van der Waals surface area contributed by atoms with E-state index in [1.165, 1.54) is 12.1 Å². The molecular weight excluding hydrogens is 273 g/mol. The second-order valence-corrected chi connectivity index (χ2v) is 4.71. The Morgan fingerprint density at radius 1 is 1.19 bits per heavy atom. The molecule has 1 atom stereocenters. The monoisotopic (exact) mass is 289 g/mol. The predicted octanol–water partition coefficient (Wildman–Crippen LogP) is 2.54. The number of aliphatic hydroxyl groups is 1. The van der Waals surface area contributed by atoms with E-state index in [1.54, 1.807) is 0 Å². The first-order valence-corrected chi connectivity index (χ1v) is 6.54. The van der Waals surface area contributed by atoms with Gasteiger partial charge < -0.3 is 15.5 Å². The quantitative estimate of drug-likeness (QED) is 0.764. The summed E-state index contributed by atoms with van der Waals surface area (Å²) in [5.41, 5.74) is 1.09. The lowest BCUT2D eigenvalue weighted by Gasteiger charge is -2.18. The third-order valence-electron chi connectivity index (χ3n) is 3.12. The number of carbonyl (C=O) groups is 1. The van der Waals surface area contributed by atoms with E-state index < -0.39 is 11.8 Å². The van der Waals surface area contributed by atoms with Crippen LogP contribution in [0.1, 0.15) is 15.9 Å². The van der Waals surface area contributed by atoms with Gasteiger partial charge in [0, 0.05) is 0 Å². The summed E-state index contributed by atoms with van der Waals surface area (Å²) in [4.78, 5) is 10.8. The van der Waals surface area contributed by atoms with Crippen LogP contribution < -0.4 is 5.32 Å². The fourth-order valence-electron chi connectivity index (χ4n) is 2.04.